The van der Waals surface area contributed by atoms with Crippen LogP contribution in [0.5, 0.6) is 0 Å². The van der Waals surface area contributed by atoms with Crippen molar-refractivity contribution in [2.75, 3.05) is 16.8 Å². The minimum absolute atomic E-state index is 0.219. The summed E-state index contributed by atoms with van der Waals surface area (Å²) >= 11 is 0. The summed E-state index contributed by atoms with van der Waals surface area (Å²) in [5.74, 6) is -1.51. The third-order valence-electron chi connectivity index (χ3n) is 3.75. The van der Waals surface area contributed by atoms with Gasteiger partial charge in [0.15, 0.2) is 5.78 Å². The Kier molecular flexibility index (Phi) is 5.99. The Morgan fingerprint density at radius 1 is 1.00 bits per heavy atom. The molecule has 0 spiro atoms. The summed E-state index contributed by atoms with van der Waals surface area (Å²) in [7, 11) is 0. The number of rotatable bonds is 5. The number of halogens is 3. The first-order chi connectivity index (χ1) is 12.6. The molecule has 0 saturated carbocycles. The van der Waals surface area contributed by atoms with Crippen molar-refractivity contribution in [1.29, 1.82) is 0 Å². The highest BCUT2D eigenvalue weighted by molar-refractivity contribution is 6.03. The molecular formula is C19H17F3N2O3. The van der Waals surface area contributed by atoms with Gasteiger partial charge >= 0.3 is 6.18 Å². The van der Waals surface area contributed by atoms with E-state index in [9.17, 15) is 27.6 Å². The van der Waals surface area contributed by atoms with E-state index in [1.54, 1.807) is 12.1 Å². The molecule has 0 atom stereocenters. The third-order valence-corrected chi connectivity index (χ3v) is 3.75. The van der Waals surface area contributed by atoms with Crippen LogP contribution >= 0.6 is 0 Å². The summed E-state index contributed by atoms with van der Waals surface area (Å²) in [6, 6.07) is 10.7. The van der Waals surface area contributed by atoms with Crippen molar-refractivity contribution in [3.63, 3.8) is 0 Å². The molecule has 0 aromatic heterocycles. The highest BCUT2D eigenvalue weighted by Crippen LogP contribution is 2.34. The summed E-state index contributed by atoms with van der Waals surface area (Å²) in [5.41, 5.74) is -0.724. The maximum atomic E-state index is 13.0. The van der Waals surface area contributed by atoms with Gasteiger partial charge < -0.3 is 10.2 Å². The Hall–Kier alpha value is -3.16. The lowest BCUT2D eigenvalue weighted by atomic mass is 10.1. The van der Waals surface area contributed by atoms with Gasteiger partial charge in [0, 0.05) is 18.2 Å². The van der Waals surface area contributed by atoms with Gasteiger partial charge in [0.1, 0.15) is 6.54 Å². The van der Waals surface area contributed by atoms with Crippen LogP contribution in [-0.2, 0) is 15.8 Å². The molecule has 2 aromatic rings. The zero-order chi connectivity index (χ0) is 20.2. The molecule has 0 bridgehead atoms. The van der Waals surface area contributed by atoms with Crippen LogP contribution in [0.4, 0.5) is 24.5 Å². The van der Waals surface area contributed by atoms with Crippen LogP contribution in [0.3, 0.4) is 0 Å². The van der Waals surface area contributed by atoms with Crippen molar-refractivity contribution in [2.45, 2.75) is 20.0 Å². The lowest BCUT2D eigenvalue weighted by Crippen LogP contribution is -2.37. The Morgan fingerprint density at radius 2 is 1.67 bits per heavy atom. The second kappa shape index (κ2) is 8.03. The fourth-order valence-corrected chi connectivity index (χ4v) is 2.45. The fourth-order valence-electron chi connectivity index (χ4n) is 2.45. The van der Waals surface area contributed by atoms with Gasteiger partial charge in [-0.2, -0.15) is 13.2 Å². The molecule has 0 aliphatic rings. The van der Waals surface area contributed by atoms with Crippen LogP contribution < -0.4 is 10.2 Å². The lowest BCUT2D eigenvalue weighted by molar-refractivity contribution is -0.137. The predicted molar refractivity (Wildman–Crippen MR) is 94.5 cm³/mol. The van der Waals surface area contributed by atoms with Gasteiger partial charge in [-0.1, -0.05) is 24.3 Å². The van der Waals surface area contributed by atoms with Gasteiger partial charge in [-0.15, -0.1) is 0 Å². The molecule has 8 heteroatoms. The van der Waals surface area contributed by atoms with Gasteiger partial charge in [-0.05, 0) is 31.2 Å². The van der Waals surface area contributed by atoms with E-state index in [0.29, 0.717) is 11.3 Å². The largest absolute Gasteiger partial charge is 0.418 e. The molecule has 2 amide bonds. The number of carbonyl (C=O) groups excluding carboxylic acids is 3. The molecule has 0 aliphatic carbocycles. The molecule has 0 fully saturated rings. The highest BCUT2D eigenvalue weighted by Gasteiger charge is 2.33. The minimum Gasteiger partial charge on any atom is -0.324 e. The predicted octanol–water partition coefficient (Wildman–Crippen LogP) is 3.90. The molecule has 0 saturated heterocycles. The number of benzene rings is 2. The van der Waals surface area contributed by atoms with Crippen LogP contribution in [0.1, 0.15) is 29.8 Å². The molecule has 0 heterocycles. The molecule has 2 aromatic carbocycles. The molecule has 27 heavy (non-hydrogen) atoms. The first kappa shape index (κ1) is 20.2. The van der Waals surface area contributed by atoms with Crippen LogP contribution in [0, 0.1) is 0 Å². The summed E-state index contributed by atoms with van der Waals surface area (Å²) in [6.45, 7) is 2.08. The van der Waals surface area contributed by atoms with E-state index in [1.807, 2.05) is 0 Å². The fraction of sp³-hybridized carbons (Fsp3) is 0.211. The summed E-state index contributed by atoms with van der Waals surface area (Å²) in [5, 5.41) is 2.19. The number of anilines is 2. The van der Waals surface area contributed by atoms with Crippen molar-refractivity contribution >= 4 is 29.0 Å². The standard InChI is InChI=1S/C19H17F3N2O3/c1-12(25)14-6-5-7-15(10-14)24(13(2)26)11-18(27)23-17-9-4-3-8-16(17)19(20,21)22/h3-10H,11H2,1-2H3,(H,23,27). The van der Waals surface area contributed by atoms with Crippen LogP contribution in [-0.4, -0.2) is 24.1 Å². The molecule has 0 unspecified atom stereocenters. The van der Waals surface area contributed by atoms with Gasteiger partial charge in [0.2, 0.25) is 11.8 Å². The number of nitrogens with zero attached hydrogens (tertiary/aromatic N) is 1. The van der Waals surface area contributed by atoms with E-state index in [0.717, 1.165) is 17.0 Å². The molecule has 1 N–H and O–H groups in total. The Bertz CT molecular complexity index is 878. The van der Waals surface area contributed by atoms with Gasteiger partial charge in [0.25, 0.3) is 0 Å². The highest BCUT2D eigenvalue weighted by atomic mass is 19.4. The van der Waals surface area contributed by atoms with Gasteiger partial charge in [-0.3, -0.25) is 14.4 Å². The number of ketones is 1. The van der Waals surface area contributed by atoms with Gasteiger partial charge in [0.05, 0.1) is 11.3 Å². The SMILES string of the molecule is CC(=O)c1cccc(N(CC(=O)Nc2ccccc2C(F)(F)F)C(C)=O)c1. The first-order valence-corrected chi connectivity index (χ1v) is 7.95. The number of Topliss-reactive ketones (excluding diaryl/α,β-unsaturated/α-hetero) is 1. The lowest BCUT2D eigenvalue weighted by Gasteiger charge is -2.22. The van der Waals surface area contributed by atoms with Crippen LogP contribution in [0.2, 0.25) is 0 Å². The van der Waals surface area contributed by atoms with E-state index in [-0.39, 0.29) is 5.78 Å². The monoisotopic (exact) mass is 378 g/mol. The smallest absolute Gasteiger partial charge is 0.324 e. The zero-order valence-electron chi connectivity index (χ0n) is 14.6. The maximum Gasteiger partial charge on any atom is 0.418 e. The van der Waals surface area contributed by atoms with Crippen molar-refractivity contribution in [3.05, 3.63) is 59.7 Å². The zero-order valence-corrected chi connectivity index (χ0v) is 14.6. The number of hydrogen-bond donors (Lipinski definition) is 1. The van der Waals surface area contributed by atoms with Crippen molar-refractivity contribution < 1.29 is 27.6 Å². The molecule has 2 rings (SSSR count). The number of carbonyl (C=O) groups is 3. The van der Waals surface area contributed by atoms with E-state index in [2.05, 4.69) is 5.32 Å². The second-order valence-corrected chi connectivity index (χ2v) is 5.80. The average Bonchev–Trinajstić information content (AvgIpc) is 2.59. The van der Waals surface area contributed by atoms with E-state index < -0.39 is 35.8 Å². The van der Waals surface area contributed by atoms with Gasteiger partial charge in [-0.25, -0.2) is 0 Å². The topological polar surface area (TPSA) is 66.5 Å². The molecular weight excluding hydrogens is 361 g/mol. The quantitative estimate of drug-likeness (QED) is 0.803. The number of alkyl halides is 3. The Balaban J connectivity index is 2.24. The van der Waals surface area contributed by atoms with Crippen molar-refractivity contribution in [1.82, 2.24) is 0 Å². The normalized spacial score (nSPS) is 11.0. The Labute approximate surface area is 153 Å². The Morgan fingerprint density at radius 3 is 2.26 bits per heavy atom. The molecule has 0 radical (unpaired) electrons. The van der Waals surface area contributed by atoms with E-state index >= 15 is 0 Å². The summed E-state index contributed by atoms with van der Waals surface area (Å²) < 4.78 is 39.1. The number of amides is 2. The van der Waals surface area contributed by atoms with E-state index in [1.165, 1.54) is 38.1 Å². The van der Waals surface area contributed by atoms with E-state index in [4.69, 9.17) is 0 Å². The first-order valence-electron chi connectivity index (χ1n) is 7.95. The van der Waals surface area contributed by atoms with Crippen molar-refractivity contribution in [3.8, 4) is 0 Å². The summed E-state index contributed by atoms with van der Waals surface area (Å²) in [4.78, 5) is 36.8. The van der Waals surface area contributed by atoms with Crippen molar-refractivity contribution in [2.24, 2.45) is 0 Å². The number of hydrogen-bond acceptors (Lipinski definition) is 3. The molecule has 0 aliphatic heterocycles. The molecule has 5 nitrogen and oxygen atoms in total. The van der Waals surface area contributed by atoms with Crippen LogP contribution in [0.25, 0.3) is 0 Å². The second-order valence-electron chi connectivity index (χ2n) is 5.80. The minimum atomic E-state index is -4.63. The number of nitrogens with one attached hydrogen (secondary N) is 1. The average molecular weight is 378 g/mol. The van der Waals surface area contributed by atoms with Crippen LogP contribution in [0.15, 0.2) is 48.5 Å². The summed E-state index contributed by atoms with van der Waals surface area (Å²) in [6.07, 6.45) is -4.63. The number of para-hydroxylation sites is 1. The molecule has 142 valence electrons. The maximum absolute atomic E-state index is 13.0. The third kappa shape index (κ3) is 5.16.